The van der Waals surface area contributed by atoms with E-state index in [9.17, 15) is 10.2 Å². The largest absolute Gasteiger partial charge is 0.388 e. The number of aliphatic hydroxyl groups is 2. The van der Waals surface area contributed by atoms with Crippen molar-refractivity contribution in [3.63, 3.8) is 0 Å². The van der Waals surface area contributed by atoms with Crippen molar-refractivity contribution in [3.8, 4) is 0 Å². The lowest BCUT2D eigenvalue weighted by Crippen LogP contribution is -2.46. The fourth-order valence-electron chi connectivity index (χ4n) is 1.77. The lowest BCUT2D eigenvalue weighted by Gasteiger charge is -2.34. The van der Waals surface area contributed by atoms with Crippen LogP contribution in [0.2, 0.25) is 0 Å². The van der Waals surface area contributed by atoms with E-state index in [-0.39, 0.29) is 6.04 Å². The van der Waals surface area contributed by atoms with Gasteiger partial charge in [-0.1, -0.05) is 18.2 Å². The Morgan fingerprint density at radius 3 is 2.71 bits per heavy atom. The van der Waals surface area contributed by atoms with Crippen LogP contribution in [0.5, 0.6) is 0 Å². The molecule has 5 N–H and O–H groups in total. The third-order valence-corrected chi connectivity index (χ3v) is 2.61. The third-order valence-electron chi connectivity index (χ3n) is 2.61. The van der Waals surface area contributed by atoms with Crippen LogP contribution < -0.4 is 11.1 Å². The quantitative estimate of drug-likeness (QED) is 0.500. The Bertz CT molecular complexity index is 330. The van der Waals surface area contributed by atoms with Crippen LogP contribution in [0, 0.1) is 0 Å². The van der Waals surface area contributed by atoms with E-state index in [0.717, 1.165) is 11.3 Å². The Kier molecular flexibility index (Phi) is 2.41. The van der Waals surface area contributed by atoms with Gasteiger partial charge in [0.15, 0.2) is 0 Å². The molecular formula is C10H14N2O2. The summed E-state index contributed by atoms with van der Waals surface area (Å²) >= 11 is 0. The SMILES string of the molecule is NC[C@@H]1Nc2ccccc2[C@@H](O)[C@H]1O. The van der Waals surface area contributed by atoms with Gasteiger partial charge >= 0.3 is 0 Å². The summed E-state index contributed by atoms with van der Waals surface area (Å²) in [7, 11) is 0. The van der Waals surface area contributed by atoms with Crippen LogP contribution in [0.1, 0.15) is 11.7 Å². The summed E-state index contributed by atoms with van der Waals surface area (Å²) < 4.78 is 0. The van der Waals surface area contributed by atoms with Crippen LogP contribution in [0.15, 0.2) is 24.3 Å². The van der Waals surface area contributed by atoms with Crippen molar-refractivity contribution in [3.05, 3.63) is 29.8 Å². The van der Waals surface area contributed by atoms with Gasteiger partial charge in [-0.15, -0.1) is 0 Å². The second-order valence-corrected chi connectivity index (χ2v) is 3.51. The predicted octanol–water partition coefficient (Wildman–Crippen LogP) is -0.166. The molecule has 1 aromatic carbocycles. The molecule has 4 nitrogen and oxygen atoms in total. The monoisotopic (exact) mass is 194 g/mol. The van der Waals surface area contributed by atoms with E-state index in [1.807, 2.05) is 18.2 Å². The molecule has 0 aromatic heterocycles. The fraction of sp³-hybridized carbons (Fsp3) is 0.400. The molecule has 0 fully saturated rings. The molecule has 0 amide bonds. The van der Waals surface area contributed by atoms with Gasteiger partial charge in [-0.2, -0.15) is 0 Å². The van der Waals surface area contributed by atoms with E-state index in [0.29, 0.717) is 6.54 Å². The Morgan fingerprint density at radius 2 is 2.00 bits per heavy atom. The number of fused-ring (bicyclic) bond motifs is 1. The molecule has 2 rings (SSSR count). The summed E-state index contributed by atoms with van der Waals surface area (Å²) in [5.41, 5.74) is 7.05. The fourth-order valence-corrected chi connectivity index (χ4v) is 1.77. The van der Waals surface area contributed by atoms with Crippen molar-refractivity contribution in [1.82, 2.24) is 0 Å². The minimum Gasteiger partial charge on any atom is -0.388 e. The number of rotatable bonds is 1. The number of anilines is 1. The first-order valence-electron chi connectivity index (χ1n) is 4.65. The summed E-state index contributed by atoms with van der Waals surface area (Å²) in [6.07, 6.45) is -1.68. The summed E-state index contributed by atoms with van der Waals surface area (Å²) in [4.78, 5) is 0. The molecule has 1 heterocycles. The van der Waals surface area contributed by atoms with Crippen molar-refractivity contribution in [2.24, 2.45) is 5.73 Å². The van der Waals surface area contributed by atoms with Crippen LogP contribution in [0.25, 0.3) is 0 Å². The average Bonchev–Trinajstić information content (AvgIpc) is 2.23. The minimum atomic E-state index is -0.846. The molecule has 0 radical (unpaired) electrons. The number of benzene rings is 1. The third kappa shape index (κ3) is 1.37. The molecule has 3 atom stereocenters. The zero-order chi connectivity index (χ0) is 10.1. The van der Waals surface area contributed by atoms with Crippen molar-refractivity contribution in [1.29, 1.82) is 0 Å². The molecule has 0 spiro atoms. The first-order chi connectivity index (χ1) is 6.74. The lowest BCUT2D eigenvalue weighted by molar-refractivity contribution is 0.00411. The summed E-state index contributed by atoms with van der Waals surface area (Å²) in [5.74, 6) is 0. The van der Waals surface area contributed by atoms with E-state index < -0.39 is 12.2 Å². The number of hydrogen-bond donors (Lipinski definition) is 4. The Labute approximate surface area is 82.4 Å². The Balaban J connectivity index is 2.37. The number of nitrogens with one attached hydrogen (secondary N) is 1. The van der Waals surface area contributed by atoms with Crippen LogP contribution >= 0.6 is 0 Å². The van der Waals surface area contributed by atoms with Crippen LogP contribution in [0.4, 0.5) is 5.69 Å². The highest BCUT2D eigenvalue weighted by molar-refractivity contribution is 5.55. The van der Waals surface area contributed by atoms with Gasteiger partial charge in [-0.25, -0.2) is 0 Å². The van der Waals surface area contributed by atoms with E-state index in [1.165, 1.54) is 0 Å². The predicted molar refractivity (Wildman–Crippen MR) is 53.9 cm³/mol. The van der Waals surface area contributed by atoms with E-state index in [2.05, 4.69) is 5.32 Å². The molecule has 4 heteroatoms. The summed E-state index contributed by atoms with van der Waals surface area (Å²) in [6.45, 7) is 0.298. The molecule has 0 saturated carbocycles. The van der Waals surface area contributed by atoms with Crippen LogP contribution in [-0.4, -0.2) is 28.9 Å². The van der Waals surface area contributed by atoms with E-state index >= 15 is 0 Å². The first kappa shape index (κ1) is 9.45. The maximum Gasteiger partial charge on any atom is 0.109 e. The smallest absolute Gasteiger partial charge is 0.109 e. The van der Waals surface area contributed by atoms with Gasteiger partial charge in [-0.3, -0.25) is 0 Å². The molecule has 0 saturated heterocycles. The van der Waals surface area contributed by atoms with Crippen molar-refractivity contribution in [2.45, 2.75) is 18.2 Å². The molecule has 76 valence electrons. The lowest BCUT2D eigenvalue weighted by atomic mass is 9.92. The molecular weight excluding hydrogens is 180 g/mol. The number of nitrogens with two attached hydrogens (primary N) is 1. The van der Waals surface area contributed by atoms with Crippen LogP contribution in [-0.2, 0) is 0 Å². The average molecular weight is 194 g/mol. The minimum absolute atomic E-state index is 0.278. The molecule has 0 aliphatic carbocycles. The zero-order valence-electron chi connectivity index (χ0n) is 7.72. The highest BCUT2D eigenvalue weighted by Gasteiger charge is 2.32. The maximum absolute atomic E-state index is 9.79. The summed E-state index contributed by atoms with van der Waals surface area (Å²) in [5, 5.41) is 22.6. The highest BCUT2D eigenvalue weighted by atomic mass is 16.3. The van der Waals surface area contributed by atoms with Crippen molar-refractivity contribution in [2.75, 3.05) is 11.9 Å². The van der Waals surface area contributed by atoms with E-state index in [4.69, 9.17) is 5.73 Å². The number of aliphatic hydroxyl groups excluding tert-OH is 2. The first-order valence-corrected chi connectivity index (χ1v) is 4.65. The van der Waals surface area contributed by atoms with Gasteiger partial charge in [0.05, 0.1) is 6.04 Å². The molecule has 1 aliphatic rings. The number of hydrogen-bond acceptors (Lipinski definition) is 4. The standard InChI is InChI=1S/C10H14N2O2/c11-5-8-10(14)9(13)6-3-1-2-4-7(6)12-8/h1-4,8-10,12-14H,5,11H2/t8-,9+,10-/m0/s1. The molecule has 0 bridgehead atoms. The van der Waals surface area contributed by atoms with Crippen molar-refractivity contribution >= 4 is 5.69 Å². The molecule has 14 heavy (non-hydrogen) atoms. The molecule has 1 aromatic rings. The zero-order valence-corrected chi connectivity index (χ0v) is 7.72. The van der Waals surface area contributed by atoms with Crippen molar-refractivity contribution < 1.29 is 10.2 Å². The highest BCUT2D eigenvalue weighted by Crippen LogP contribution is 2.31. The normalized spacial score (nSPS) is 30.6. The molecule has 0 unspecified atom stereocenters. The second kappa shape index (κ2) is 3.57. The maximum atomic E-state index is 9.79. The topological polar surface area (TPSA) is 78.5 Å². The van der Waals surface area contributed by atoms with Crippen LogP contribution in [0.3, 0.4) is 0 Å². The van der Waals surface area contributed by atoms with Gasteiger partial charge in [0.2, 0.25) is 0 Å². The summed E-state index contributed by atoms with van der Waals surface area (Å²) in [6, 6.07) is 7.10. The van der Waals surface area contributed by atoms with Gasteiger partial charge in [0.1, 0.15) is 12.2 Å². The van der Waals surface area contributed by atoms with Gasteiger partial charge in [0.25, 0.3) is 0 Å². The Morgan fingerprint density at radius 1 is 1.29 bits per heavy atom. The second-order valence-electron chi connectivity index (χ2n) is 3.51. The Hall–Kier alpha value is -1.10. The molecule has 1 aliphatic heterocycles. The number of para-hydroxylation sites is 1. The van der Waals surface area contributed by atoms with Gasteiger partial charge < -0.3 is 21.3 Å². The van der Waals surface area contributed by atoms with E-state index in [1.54, 1.807) is 6.07 Å². The van der Waals surface area contributed by atoms with Gasteiger partial charge in [0, 0.05) is 17.8 Å². The van der Waals surface area contributed by atoms with Gasteiger partial charge in [-0.05, 0) is 6.07 Å².